The third-order valence-electron chi connectivity index (χ3n) is 2.63. The van der Waals surface area contributed by atoms with Crippen LogP contribution in [0.15, 0.2) is 0 Å². The number of aliphatic carboxylic acids is 1. The van der Waals surface area contributed by atoms with Gasteiger partial charge in [-0.3, -0.25) is 4.79 Å². The average molecular weight is 178 g/mol. The van der Waals surface area contributed by atoms with Crippen molar-refractivity contribution in [3.63, 3.8) is 0 Å². The van der Waals surface area contributed by atoms with Gasteiger partial charge < -0.3 is 10.4 Å². The third-order valence-corrected chi connectivity index (χ3v) is 2.63. The van der Waals surface area contributed by atoms with Crippen LogP contribution in [0.3, 0.4) is 0 Å². The Morgan fingerprint density at radius 2 is 2.18 bits per heavy atom. The van der Waals surface area contributed by atoms with Crippen molar-refractivity contribution in [1.29, 1.82) is 0 Å². The summed E-state index contributed by atoms with van der Waals surface area (Å²) in [7, 11) is 0. The molecule has 3 nitrogen and oxygen atoms in total. The van der Waals surface area contributed by atoms with Crippen LogP contribution in [0.2, 0.25) is 0 Å². The summed E-state index contributed by atoms with van der Waals surface area (Å²) < 4.78 is 0. The second kappa shape index (κ2) is 2.99. The lowest BCUT2D eigenvalue weighted by Crippen LogP contribution is -2.41. The molecule has 4 heteroatoms. The number of carboxylic acid groups (broad SMARTS) is 1. The maximum atomic E-state index is 10.5. The lowest BCUT2D eigenvalue weighted by molar-refractivity contribution is -0.140. The van der Waals surface area contributed by atoms with Crippen LogP contribution in [0.4, 0.5) is 0 Å². The van der Waals surface area contributed by atoms with Gasteiger partial charge in [-0.25, -0.2) is 0 Å². The number of carboxylic acids is 1. The predicted molar refractivity (Wildman–Crippen MR) is 42.9 cm³/mol. The molecule has 0 aromatic heterocycles. The van der Waals surface area contributed by atoms with Gasteiger partial charge in [0.2, 0.25) is 0 Å². The van der Waals surface area contributed by atoms with Crippen LogP contribution in [0.1, 0.15) is 19.3 Å². The topological polar surface area (TPSA) is 49.3 Å². The first-order valence-corrected chi connectivity index (χ1v) is 3.76. The summed E-state index contributed by atoms with van der Waals surface area (Å²) in [5.74, 6) is -0.255. The highest BCUT2D eigenvalue weighted by Crippen LogP contribution is 2.34. The summed E-state index contributed by atoms with van der Waals surface area (Å²) in [6, 6.07) is 0.268. The summed E-state index contributed by atoms with van der Waals surface area (Å²) in [4.78, 5) is 10.5. The number of halogens is 1. The van der Waals surface area contributed by atoms with E-state index in [0.717, 1.165) is 12.8 Å². The average Bonchev–Trinajstić information content (AvgIpc) is 2.44. The highest BCUT2D eigenvalue weighted by Gasteiger charge is 2.42. The first kappa shape index (κ1) is 8.81. The van der Waals surface area contributed by atoms with Crippen molar-refractivity contribution < 1.29 is 9.90 Å². The lowest BCUT2D eigenvalue weighted by Gasteiger charge is -2.18. The molecule has 1 heterocycles. The molecular weight excluding hydrogens is 166 g/mol. The number of hydrogen-bond acceptors (Lipinski definition) is 2. The standard InChI is InChI=1S/C7H11NO2.ClH/c9-7(10)6-4-1-2-5(3-4)8-6;/h4-6,8H,1-3H2,(H,9,10);1H/t4?,5-,6+;/m1./s1. The van der Waals surface area contributed by atoms with Crippen molar-refractivity contribution in [3.8, 4) is 0 Å². The molecule has 1 aliphatic carbocycles. The second-order valence-corrected chi connectivity index (χ2v) is 3.25. The molecule has 0 radical (unpaired) electrons. The molecule has 2 rings (SSSR count). The van der Waals surface area contributed by atoms with E-state index in [1.807, 2.05) is 0 Å². The molecule has 1 unspecified atom stereocenters. The van der Waals surface area contributed by atoms with Crippen molar-refractivity contribution in [2.45, 2.75) is 31.3 Å². The predicted octanol–water partition coefficient (Wildman–Crippen LogP) is 0.633. The zero-order valence-electron chi connectivity index (χ0n) is 6.12. The van der Waals surface area contributed by atoms with Crippen molar-refractivity contribution in [3.05, 3.63) is 0 Å². The highest BCUT2D eigenvalue weighted by molar-refractivity contribution is 5.85. The lowest BCUT2D eigenvalue weighted by atomic mass is 10.0. The quantitative estimate of drug-likeness (QED) is 0.618. The number of hydrogen-bond donors (Lipinski definition) is 2. The van der Waals surface area contributed by atoms with E-state index in [2.05, 4.69) is 5.32 Å². The van der Waals surface area contributed by atoms with Gasteiger partial charge in [0, 0.05) is 6.04 Å². The van der Waals surface area contributed by atoms with Gasteiger partial charge >= 0.3 is 5.97 Å². The van der Waals surface area contributed by atoms with Crippen LogP contribution in [0, 0.1) is 5.92 Å². The van der Waals surface area contributed by atoms with Crippen molar-refractivity contribution in [2.24, 2.45) is 5.92 Å². The van der Waals surface area contributed by atoms with E-state index in [4.69, 9.17) is 5.11 Å². The Kier molecular flexibility index (Phi) is 2.40. The Bertz CT molecular complexity index is 174. The number of rotatable bonds is 1. The van der Waals surface area contributed by atoms with Crippen LogP contribution in [-0.2, 0) is 4.79 Å². The molecule has 3 atom stereocenters. The maximum Gasteiger partial charge on any atom is 0.320 e. The highest BCUT2D eigenvalue weighted by atomic mass is 35.5. The SMILES string of the molecule is Cl.O=C(O)[C@H]1N[C@@H]2CCC1C2. The summed E-state index contributed by atoms with van der Waals surface area (Å²) in [5.41, 5.74) is 0. The van der Waals surface area contributed by atoms with Crippen molar-refractivity contribution in [1.82, 2.24) is 5.32 Å². The molecule has 0 spiro atoms. The summed E-state index contributed by atoms with van der Waals surface area (Å²) >= 11 is 0. The third kappa shape index (κ3) is 1.35. The fraction of sp³-hybridized carbons (Fsp3) is 0.857. The van der Waals surface area contributed by atoms with Crippen LogP contribution in [0.5, 0.6) is 0 Å². The van der Waals surface area contributed by atoms with E-state index in [1.54, 1.807) is 0 Å². The van der Waals surface area contributed by atoms with E-state index in [9.17, 15) is 4.79 Å². The van der Waals surface area contributed by atoms with E-state index >= 15 is 0 Å². The molecule has 1 aliphatic heterocycles. The first-order valence-electron chi connectivity index (χ1n) is 3.76. The van der Waals surface area contributed by atoms with Gasteiger partial charge in [-0.15, -0.1) is 12.4 Å². The maximum absolute atomic E-state index is 10.5. The molecule has 0 aromatic carbocycles. The van der Waals surface area contributed by atoms with Crippen molar-refractivity contribution >= 4 is 18.4 Å². The molecule has 11 heavy (non-hydrogen) atoms. The molecule has 2 N–H and O–H groups in total. The molecular formula is C7H12ClNO2. The summed E-state index contributed by atoms with van der Waals surface area (Å²) in [6.07, 6.45) is 3.36. The van der Waals surface area contributed by atoms with Gasteiger partial charge in [-0.2, -0.15) is 0 Å². The minimum Gasteiger partial charge on any atom is -0.480 e. The fourth-order valence-electron chi connectivity index (χ4n) is 2.13. The molecule has 2 fully saturated rings. The first-order chi connectivity index (χ1) is 4.77. The number of nitrogens with one attached hydrogen (secondary N) is 1. The van der Waals surface area contributed by atoms with Gasteiger partial charge in [0.15, 0.2) is 0 Å². The minimum absolute atomic E-state index is 0. The van der Waals surface area contributed by atoms with Gasteiger partial charge in [0.05, 0.1) is 0 Å². The molecule has 1 saturated heterocycles. The van der Waals surface area contributed by atoms with E-state index in [1.165, 1.54) is 6.42 Å². The Balaban J connectivity index is 0.000000605. The summed E-state index contributed by atoms with van der Waals surface area (Å²) in [5, 5.41) is 11.8. The zero-order chi connectivity index (χ0) is 7.14. The molecule has 2 bridgehead atoms. The molecule has 1 saturated carbocycles. The fourth-order valence-corrected chi connectivity index (χ4v) is 2.13. The number of piperidine rings is 1. The number of fused-ring (bicyclic) bond motifs is 2. The van der Waals surface area contributed by atoms with Gasteiger partial charge in [0.25, 0.3) is 0 Å². The van der Waals surface area contributed by atoms with Gasteiger partial charge in [-0.1, -0.05) is 0 Å². The molecule has 2 aliphatic rings. The monoisotopic (exact) mass is 177 g/mol. The van der Waals surface area contributed by atoms with Gasteiger partial charge in [-0.05, 0) is 25.2 Å². The number of carbonyl (C=O) groups is 1. The van der Waals surface area contributed by atoms with E-state index < -0.39 is 5.97 Å². The largest absolute Gasteiger partial charge is 0.480 e. The van der Waals surface area contributed by atoms with Crippen LogP contribution in [0.25, 0.3) is 0 Å². The van der Waals surface area contributed by atoms with Crippen LogP contribution >= 0.6 is 12.4 Å². The Hall–Kier alpha value is -0.280. The molecule has 0 aromatic rings. The smallest absolute Gasteiger partial charge is 0.320 e. The minimum atomic E-state index is -0.674. The summed E-state index contributed by atoms with van der Waals surface area (Å²) in [6.45, 7) is 0. The second-order valence-electron chi connectivity index (χ2n) is 3.25. The Labute approximate surface area is 71.6 Å². The Morgan fingerprint density at radius 1 is 1.45 bits per heavy atom. The zero-order valence-corrected chi connectivity index (χ0v) is 6.93. The van der Waals surface area contributed by atoms with Gasteiger partial charge in [0.1, 0.15) is 6.04 Å². The van der Waals surface area contributed by atoms with Crippen molar-refractivity contribution in [2.75, 3.05) is 0 Å². The van der Waals surface area contributed by atoms with E-state index in [-0.39, 0.29) is 18.4 Å². The van der Waals surface area contributed by atoms with E-state index in [0.29, 0.717) is 12.0 Å². The van der Waals surface area contributed by atoms with Crippen LogP contribution < -0.4 is 5.32 Å². The molecule has 64 valence electrons. The van der Waals surface area contributed by atoms with Crippen LogP contribution in [-0.4, -0.2) is 23.2 Å². The Morgan fingerprint density at radius 3 is 2.45 bits per heavy atom. The molecule has 0 amide bonds. The normalized spacial score (nSPS) is 40.2.